The minimum atomic E-state index is 0. The molecule has 4 nitrogen and oxygen atoms in total. The largest absolute Gasteiger partial charge is 0.370 e. The highest BCUT2D eigenvalue weighted by molar-refractivity contribution is 14.0. The van der Waals surface area contributed by atoms with Gasteiger partial charge in [-0.2, -0.15) is 0 Å². The van der Waals surface area contributed by atoms with Crippen molar-refractivity contribution in [1.29, 1.82) is 0 Å². The van der Waals surface area contributed by atoms with Gasteiger partial charge in [0.05, 0.1) is 0 Å². The second kappa shape index (κ2) is 10.8. The Morgan fingerprint density at radius 3 is 2.50 bits per heavy atom. The number of piperidine rings is 1. The highest BCUT2D eigenvalue weighted by Crippen LogP contribution is 2.17. The van der Waals surface area contributed by atoms with Gasteiger partial charge in [-0.05, 0) is 51.2 Å². The lowest BCUT2D eigenvalue weighted by Gasteiger charge is -2.30. The van der Waals surface area contributed by atoms with Gasteiger partial charge in [0.25, 0.3) is 0 Å². The number of halogens is 1. The molecule has 0 bridgehead atoms. The predicted octanol–water partition coefficient (Wildman–Crippen LogP) is 2.04. The molecule has 0 aromatic heterocycles. The Hall–Kier alpha value is -0.0400. The van der Waals surface area contributed by atoms with Gasteiger partial charge < -0.3 is 16.0 Å². The molecule has 1 fully saturated rings. The van der Waals surface area contributed by atoms with Gasteiger partial charge >= 0.3 is 0 Å². The molecule has 0 spiro atoms. The van der Waals surface area contributed by atoms with Crippen LogP contribution in [0.1, 0.15) is 39.5 Å². The number of rotatable bonds is 6. The maximum absolute atomic E-state index is 5.78. The summed E-state index contributed by atoms with van der Waals surface area (Å²) < 4.78 is 0. The maximum Gasteiger partial charge on any atom is 0.188 e. The molecular formula is C13H29IN4. The van der Waals surface area contributed by atoms with Gasteiger partial charge in [-0.3, -0.25) is 4.99 Å². The van der Waals surface area contributed by atoms with Crippen molar-refractivity contribution in [3.63, 3.8) is 0 Å². The van der Waals surface area contributed by atoms with E-state index >= 15 is 0 Å². The number of nitrogens with zero attached hydrogens (tertiary/aromatic N) is 2. The smallest absolute Gasteiger partial charge is 0.188 e. The molecule has 0 amide bonds. The number of hydrogen-bond acceptors (Lipinski definition) is 2. The molecule has 0 aromatic rings. The molecule has 1 aliphatic rings. The lowest BCUT2D eigenvalue weighted by Crippen LogP contribution is -2.36. The molecule has 0 radical (unpaired) electrons. The summed E-state index contributed by atoms with van der Waals surface area (Å²) in [6.45, 7) is 9.90. The van der Waals surface area contributed by atoms with Crippen molar-refractivity contribution in [2.75, 3.05) is 32.7 Å². The van der Waals surface area contributed by atoms with E-state index in [0.29, 0.717) is 5.96 Å². The molecule has 0 atom stereocenters. The Kier molecular flexibility index (Phi) is 10.8. The first-order valence-corrected chi connectivity index (χ1v) is 7.02. The molecule has 0 saturated carbocycles. The van der Waals surface area contributed by atoms with E-state index in [9.17, 15) is 0 Å². The summed E-state index contributed by atoms with van der Waals surface area (Å²) in [5.74, 6) is 1.34. The quantitative estimate of drug-likeness (QED) is 0.429. The lowest BCUT2D eigenvalue weighted by atomic mass is 9.97. The third-order valence-corrected chi connectivity index (χ3v) is 3.32. The van der Waals surface area contributed by atoms with Gasteiger partial charge in [0.2, 0.25) is 0 Å². The number of aliphatic imine (C=N–C) groups is 1. The molecule has 0 aromatic carbocycles. The number of guanidine groups is 1. The van der Waals surface area contributed by atoms with Crippen LogP contribution in [0.5, 0.6) is 0 Å². The second-order valence-corrected chi connectivity index (χ2v) is 4.94. The fraction of sp³-hybridized carbons (Fsp3) is 0.923. The SMILES string of the molecule is CCCNC(N)=NCC1CCN(CCC)CC1.I. The average Bonchev–Trinajstić information content (AvgIpc) is 2.36. The standard InChI is InChI=1S/C13H28N4.HI/c1-3-7-15-13(14)16-11-12-5-9-17(8-4-2)10-6-12;/h12H,3-11H2,1-2H3,(H3,14,15,16);1H. The molecular weight excluding hydrogens is 339 g/mol. The van der Waals surface area contributed by atoms with Crippen molar-refractivity contribution in [3.05, 3.63) is 0 Å². The van der Waals surface area contributed by atoms with E-state index in [4.69, 9.17) is 5.73 Å². The van der Waals surface area contributed by atoms with E-state index in [0.717, 1.165) is 25.4 Å². The van der Waals surface area contributed by atoms with E-state index in [1.54, 1.807) is 0 Å². The minimum Gasteiger partial charge on any atom is -0.370 e. The zero-order valence-electron chi connectivity index (χ0n) is 11.8. The van der Waals surface area contributed by atoms with Gasteiger partial charge in [0.15, 0.2) is 5.96 Å². The Balaban J connectivity index is 0.00000289. The van der Waals surface area contributed by atoms with Crippen LogP contribution in [0.3, 0.4) is 0 Å². The van der Waals surface area contributed by atoms with E-state index in [1.807, 2.05) is 0 Å². The summed E-state index contributed by atoms with van der Waals surface area (Å²) in [4.78, 5) is 6.98. The molecule has 18 heavy (non-hydrogen) atoms. The van der Waals surface area contributed by atoms with E-state index in [-0.39, 0.29) is 24.0 Å². The van der Waals surface area contributed by atoms with Crippen LogP contribution in [0.15, 0.2) is 4.99 Å². The van der Waals surface area contributed by atoms with Crippen LogP contribution in [-0.2, 0) is 0 Å². The van der Waals surface area contributed by atoms with Gasteiger partial charge in [-0.25, -0.2) is 0 Å². The first kappa shape index (κ1) is 18.0. The third kappa shape index (κ3) is 7.41. The fourth-order valence-corrected chi connectivity index (χ4v) is 2.25. The van der Waals surface area contributed by atoms with Gasteiger partial charge in [0.1, 0.15) is 0 Å². The number of hydrogen-bond donors (Lipinski definition) is 2. The fourth-order valence-electron chi connectivity index (χ4n) is 2.25. The van der Waals surface area contributed by atoms with Crippen LogP contribution in [-0.4, -0.2) is 43.6 Å². The first-order valence-electron chi connectivity index (χ1n) is 7.02. The number of nitrogens with one attached hydrogen (secondary N) is 1. The van der Waals surface area contributed by atoms with Crippen molar-refractivity contribution < 1.29 is 0 Å². The van der Waals surface area contributed by atoms with Crippen molar-refractivity contribution >= 4 is 29.9 Å². The Morgan fingerprint density at radius 1 is 1.28 bits per heavy atom. The summed E-state index contributed by atoms with van der Waals surface area (Å²) in [7, 11) is 0. The second-order valence-electron chi connectivity index (χ2n) is 4.94. The normalized spacial score (nSPS) is 18.4. The summed E-state index contributed by atoms with van der Waals surface area (Å²) in [6.07, 6.45) is 4.89. The van der Waals surface area contributed by atoms with Crippen molar-refractivity contribution in [3.8, 4) is 0 Å². The molecule has 5 heteroatoms. The molecule has 108 valence electrons. The Labute approximate surface area is 129 Å². The topological polar surface area (TPSA) is 53.6 Å². The zero-order valence-corrected chi connectivity index (χ0v) is 14.2. The minimum absolute atomic E-state index is 0. The molecule has 1 heterocycles. The van der Waals surface area contributed by atoms with Crippen molar-refractivity contribution in [2.24, 2.45) is 16.6 Å². The Bertz CT molecular complexity index is 225. The van der Waals surface area contributed by atoms with Crippen LogP contribution in [0.2, 0.25) is 0 Å². The number of likely N-dealkylation sites (tertiary alicyclic amines) is 1. The Morgan fingerprint density at radius 2 is 1.94 bits per heavy atom. The highest BCUT2D eigenvalue weighted by Gasteiger charge is 2.17. The third-order valence-electron chi connectivity index (χ3n) is 3.32. The van der Waals surface area contributed by atoms with Gasteiger partial charge in [0, 0.05) is 13.1 Å². The molecule has 1 aliphatic heterocycles. The monoisotopic (exact) mass is 368 g/mol. The van der Waals surface area contributed by atoms with Crippen LogP contribution < -0.4 is 11.1 Å². The molecule has 0 unspecified atom stereocenters. The molecule has 0 aliphatic carbocycles. The molecule has 3 N–H and O–H groups in total. The van der Waals surface area contributed by atoms with Crippen LogP contribution in [0.4, 0.5) is 0 Å². The van der Waals surface area contributed by atoms with Gasteiger partial charge in [-0.1, -0.05) is 13.8 Å². The van der Waals surface area contributed by atoms with Crippen LogP contribution in [0.25, 0.3) is 0 Å². The summed E-state index contributed by atoms with van der Waals surface area (Å²) in [5.41, 5.74) is 5.78. The van der Waals surface area contributed by atoms with Crippen LogP contribution in [0, 0.1) is 5.92 Å². The molecule has 1 saturated heterocycles. The zero-order chi connectivity index (χ0) is 12.5. The average molecular weight is 368 g/mol. The highest BCUT2D eigenvalue weighted by atomic mass is 127. The van der Waals surface area contributed by atoms with Crippen LogP contribution >= 0.6 is 24.0 Å². The van der Waals surface area contributed by atoms with Crippen molar-refractivity contribution in [2.45, 2.75) is 39.5 Å². The van der Waals surface area contributed by atoms with E-state index in [2.05, 4.69) is 29.1 Å². The van der Waals surface area contributed by atoms with E-state index in [1.165, 1.54) is 38.9 Å². The maximum atomic E-state index is 5.78. The lowest BCUT2D eigenvalue weighted by molar-refractivity contribution is 0.188. The predicted molar refractivity (Wildman–Crippen MR) is 89.7 cm³/mol. The summed E-state index contributed by atoms with van der Waals surface area (Å²) in [5, 5.41) is 3.12. The summed E-state index contributed by atoms with van der Waals surface area (Å²) >= 11 is 0. The first-order chi connectivity index (χ1) is 8.26. The van der Waals surface area contributed by atoms with E-state index < -0.39 is 0 Å². The molecule has 1 rings (SSSR count). The van der Waals surface area contributed by atoms with Gasteiger partial charge in [-0.15, -0.1) is 24.0 Å². The van der Waals surface area contributed by atoms with Crippen molar-refractivity contribution in [1.82, 2.24) is 10.2 Å². The summed E-state index contributed by atoms with van der Waals surface area (Å²) in [6, 6.07) is 0. The number of nitrogens with two attached hydrogens (primary N) is 1.